The molecule has 0 bridgehead atoms. The number of carbonyl (C=O) groups excluding carboxylic acids is 1. The lowest BCUT2D eigenvalue weighted by molar-refractivity contribution is 0.0940. The van der Waals surface area contributed by atoms with Gasteiger partial charge in [0.15, 0.2) is 0 Å². The molecule has 2 aromatic rings. The Morgan fingerprint density at radius 2 is 1.84 bits per heavy atom. The van der Waals surface area contributed by atoms with E-state index in [2.05, 4.69) is 10.3 Å². The first kappa shape index (κ1) is 13.6. The molecule has 3 nitrogen and oxygen atoms in total. The molecule has 0 aliphatic carbocycles. The topological polar surface area (TPSA) is 42.0 Å². The van der Waals surface area contributed by atoms with E-state index in [0.717, 1.165) is 17.0 Å². The lowest BCUT2D eigenvalue weighted by Gasteiger charge is -2.14. The lowest BCUT2D eigenvalue weighted by Crippen LogP contribution is -2.34. The molecule has 0 saturated heterocycles. The van der Waals surface area contributed by atoms with Crippen molar-refractivity contribution >= 4 is 17.5 Å². The number of aromatic nitrogens is 1. The molecule has 1 aromatic heterocycles. The number of rotatable bonds is 4. The third-order valence-corrected chi connectivity index (χ3v) is 3.03. The Kier molecular flexibility index (Phi) is 4.53. The van der Waals surface area contributed by atoms with Crippen molar-refractivity contribution < 1.29 is 4.79 Å². The number of carbonyl (C=O) groups is 1. The Morgan fingerprint density at radius 1 is 1.21 bits per heavy atom. The van der Waals surface area contributed by atoms with Crippen molar-refractivity contribution in [2.75, 3.05) is 0 Å². The van der Waals surface area contributed by atoms with Crippen LogP contribution in [0.25, 0.3) is 0 Å². The van der Waals surface area contributed by atoms with Crippen LogP contribution in [0.1, 0.15) is 22.8 Å². The maximum absolute atomic E-state index is 11.9. The maximum atomic E-state index is 11.9. The Labute approximate surface area is 117 Å². The first-order chi connectivity index (χ1) is 9.15. The number of halogens is 1. The number of hydrogen-bond donors (Lipinski definition) is 1. The monoisotopic (exact) mass is 274 g/mol. The van der Waals surface area contributed by atoms with Gasteiger partial charge in [-0.05, 0) is 43.2 Å². The molecule has 1 N–H and O–H groups in total. The van der Waals surface area contributed by atoms with Crippen LogP contribution in [-0.2, 0) is 6.42 Å². The fourth-order valence-electron chi connectivity index (χ4n) is 1.84. The summed E-state index contributed by atoms with van der Waals surface area (Å²) in [6, 6.07) is 11.1. The van der Waals surface area contributed by atoms with Crippen LogP contribution in [0.3, 0.4) is 0 Å². The number of amides is 1. The molecule has 0 aliphatic rings. The van der Waals surface area contributed by atoms with Gasteiger partial charge in [0.25, 0.3) is 5.91 Å². The van der Waals surface area contributed by atoms with E-state index in [4.69, 9.17) is 11.6 Å². The highest BCUT2D eigenvalue weighted by Crippen LogP contribution is 2.11. The minimum absolute atomic E-state index is 0.0573. The summed E-state index contributed by atoms with van der Waals surface area (Å²) < 4.78 is 0. The predicted octanol–water partition coefficient (Wildman–Crippen LogP) is 3.10. The molecule has 0 spiro atoms. The molecule has 0 aliphatic heterocycles. The molecule has 1 atom stereocenters. The molecule has 0 saturated carbocycles. The normalized spacial score (nSPS) is 11.9. The van der Waals surface area contributed by atoms with Crippen LogP contribution in [0.5, 0.6) is 0 Å². The van der Waals surface area contributed by atoms with Gasteiger partial charge >= 0.3 is 0 Å². The van der Waals surface area contributed by atoms with E-state index < -0.39 is 0 Å². The van der Waals surface area contributed by atoms with Crippen molar-refractivity contribution in [3.05, 3.63) is 64.9 Å². The summed E-state index contributed by atoms with van der Waals surface area (Å²) in [6.45, 7) is 1.98. The van der Waals surface area contributed by atoms with Gasteiger partial charge in [0.2, 0.25) is 0 Å². The molecule has 0 fully saturated rings. The van der Waals surface area contributed by atoms with Crippen LogP contribution < -0.4 is 5.32 Å². The SMILES string of the molecule is C[C@H](Cc1ccc(Cl)cc1)NC(=O)c1ccncc1. The zero-order chi connectivity index (χ0) is 13.7. The van der Waals surface area contributed by atoms with Gasteiger partial charge in [0, 0.05) is 29.0 Å². The molecule has 98 valence electrons. The molecule has 4 heteroatoms. The van der Waals surface area contributed by atoms with Gasteiger partial charge in [-0.15, -0.1) is 0 Å². The largest absolute Gasteiger partial charge is 0.349 e. The van der Waals surface area contributed by atoms with E-state index in [1.807, 2.05) is 31.2 Å². The van der Waals surface area contributed by atoms with Crippen LogP contribution in [-0.4, -0.2) is 16.9 Å². The minimum Gasteiger partial charge on any atom is -0.349 e. The summed E-state index contributed by atoms with van der Waals surface area (Å²) in [6.07, 6.45) is 3.99. The van der Waals surface area contributed by atoms with E-state index >= 15 is 0 Å². The van der Waals surface area contributed by atoms with Crippen molar-refractivity contribution in [1.82, 2.24) is 10.3 Å². The highest BCUT2D eigenvalue weighted by Gasteiger charge is 2.09. The average Bonchev–Trinajstić information content (AvgIpc) is 2.42. The van der Waals surface area contributed by atoms with Gasteiger partial charge in [-0.3, -0.25) is 9.78 Å². The quantitative estimate of drug-likeness (QED) is 0.931. The predicted molar refractivity (Wildman–Crippen MR) is 76.3 cm³/mol. The Hall–Kier alpha value is -1.87. The maximum Gasteiger partial charge on any atom is 0.251 e. The number of benzene rings is 1. The van der Waals surface area contributed by atoms with Crippen LogP contribution in [0.4, 0.5) is 0 Å². The smallest absolute Gasteiger partial charge is 0.251 e. The Bertz CT molecular complexity index is 540. The second kappa shape index (κ2) is 6.34. The summed E-state index contributed by atoms with van der Waals surface area (Å²) in [4.78, 5) is 15.8. The van der Waals surface area contributed by atoms with Crippen LogP contribution in [0, 0.1) is 0 Å². The highest BCUT2D eigenvalue weighted by atomic mass is 35.5. The van der Waals surface area contributed by atoms with Crippen molar-refractivity contribution in [3.63, 3.8) is 0 Å². The molecule has 1 aromatic carbocycles. The van der Waals surface area contributed by atoms with Crippen molar-refractivity contribution in [3.8, 4) is 0 Å². The van der Waals surface area contributed by atoms with E-state index in [9.17, 15) is 4.79 Å². The fraction of sp³-hybridized carbons (Fsp3) is 0.200. The highest BCUT2D eigenvalue weighted by molar-refractivity contribution is 6.30. The minimum atomic E-state index is -0.0798. The third-order valence-electron chi connectivity index (χ3n) is 2.78. The number of nitrogens with zero attached hydrogens (tertiary/aromatic N) is 1. The third kappa shape index (κ3) is 4.07. The fourth-order valence-corrected chi connectivity index (χ4v) is 1.96. The number of nitrogens with one attached hydrogen (secondary N) is 1. The molecule has 19 heavy (non-hydrogen) atoms. The lowest BCUT2D eigenvalue weighted by atomic mass is 10.1. The molecule has 2 rings (SSSR count). The summed E-state index contributed by atoms with van der Waals surface area (Å²) >= 11 is 5.84. The summed E-state index contributed by atoms with van der Waals surface area (Å²) in [7, 11) is 0. The molecular formula is C15H15ClN2O. The number of pyridine rings is 1. The summed E-state index contributed by atoms with van der Waals surface area (Å²) in [5.41, 5.74) is 1.77. The van der Waals surface area contributed by atoms with Gasteiger partial charge in [0.1, 0.15) is 0 Å². The zero-order valence-corrected chi connectivity index (χ0v) is 11.4. The Morgan fingerprint density at radius 3 is 2.47 bits per heavy atom. The van der Waals surface area contributed by atoms with Gasteiger partial charge in [0.05, 0.1) is 0 Å². The standard InChI is InChI=1S/C15H15ClN2O/c1-11(10-12-2-4-14(16)5-3-12)18-15(19)13-6-8-17-9-7-13/h2-9,11H,10H2,1H3,(H,18,19)/t11-/m1/s1. The molecule has 0 unspecified atom stereocenters. The van der Waals surface area contributed by atoms with Gasteiger partial charge < -0.3 is 5.32 Å². The van der Waals surface area contributed by atoms with E-state index in [1.54, 1.807) is 24.5 Å². The van der Waals surface area contributed by atoms with Gasteiger partial charge in [-0.2, -0.15) is 0 Å². The summed E-state index contributed by atoms with van der Waals surface area (Å²) in [5, 5.41) is 3.68. The second-order valence-electron chi connectivity index (χ2n) is 4.44. The van der Waals surface area contributed by atoms with Crippen molar-refractivity contribution in [2.24, 2.45) is 0 Å². The molecule has 1 amide bonds. The average molecular weight is 275 g/mol. The van der Waals surface area contributed by atoms with E-state index in [1.165, 1.54) is 0 Å². The van der Waals surface area contributed by atoms with Crippen molar-refractivity contribution in [2.45, 2.75) is 19.4 Å². The zero-order valence-electron chi connectivity index (χ0n) is 10.6. The molecular weight excluding hydrogens is 260 g/mol. The summed E-state index contributed by atoms with van der Waals surface area (Å²) in [5.74, 6) is -0.0798. The van der Waals surface area contributed by atoms with Crippen LogP contribution in [0.15, 0.2) is 48.8 Å². The van der Waals surface area contributed by atoms with E-state index in [-0.39, 0.29) is 11.9 Å². The van der Waals surface area contributed by atoms with Gasteiger partial charge in [-0.1, -0.05) is 23.7 Å². The molecule has 1 heterocycles. The van der Waals surface area contributed by atoms with Crippen LogP contribution >= 0.6 is 11.6 Å². The second-order valence-corrected chi connectivity index (χ2v) is 4.88. The number of hydrogen-bond acceptors (Lipinski definition) is 2. The van der Waals surface area contributed by atoms with E-state index in [0.29, 0.717) is 5.56 Å². The van der Waals surface area contributed by atoms with Crippen LogP contribution in [0.2, 0.25) is 5.02 Å². The van der Waals surface area contributed by atoms with Gasteiger partial charge in [-0.25, -0.2) is 0 Å². The molecule has 0 radical (unpaired) electrons. The first-order valence-corrected chi connectivity index (χ1v) is 6.48. The van der Waals surface area contributed by atoms with Crippen molar-refractivity contribution in [1.29, 1.82) is 0 Å². The first-order valence-electron chi connectivity index (χ1n) is 6.10. The Balaban J connectivity index is 1.92.